The highest BCUT2D eigenvalue weighted by Crippen LogP contribution is 2.34. The molecule has 0 saturated carbocycles. The van der Waals surface area contributed by atoms with Gasteiger partial charge in [-0.1, -0.05) is 24.3 Å². The van der Waals surface area contributed by atoms with Crippen LogP contribution in [0.3, 0.4) is 0 Å². The smallest absolute Gasteiger partial charge is 0.137 e. The molecule has 6 rings (SSSR count). The number of pyridine rings is 1. The topological polar surface area (TPSA) is 50.9 Å². The van der Waals surface area contributed by atoms with Gasteiger partial charge in [-0.15, -0.1) is 0 Å². The zero-order valence-corrected chi connectivity index (χ0v) is 18.6. The lowest BCUT2D eigenvalue weighted by molar-refractivity contribution is 0.148. The van der Waals surface area contributed by atoms with Gasteiger partial charge in [-0.05, 0) is 42.4 Å². The number of H-pyrrole nitrogens is 2. The molecule has 1 fully saturated rings. The van der Waals surface area contributed by atoms with Gasteiger partial charge in [0, 0.05) is 84.3 Å². The predicted molar refractivity (Wildman–Crippen MR) is 132 cm³/mol. The summed E-state index contributed by atoms with van der Waals surface area (Å²) in [5.41, 5.74) is 6.42. The van der Waals surface area contributed by atoms with Crippen LogP contribution in [0.2, 0.25) is 0 Å². The summed E-state index contributed by atoms with van der Waals surface area (Å²) in [4.78, 5) is 15.8. The number of aromatic amines is 2. The van der Waals surface area contributed by atoms with Crippen LogP contribution < -0.4 is 0 Å². The molecule has 2 N–H and O–H groups in total. The quantitative estimate of drug-likeness (QED) is 0.401. The van der Waals surface area contributed by atoms with Gasteiger partial charge in [-0.3, -0.25) is 4.90 Å². The number of benzene rings is 2. The first-order chi connectivity index (χ1) is 16.1. The lowest BCUT2D eigenvalue weighted by atomic mass is 10.0. The highest BCUT2D eigenvalue weighted by Gasteiger charge is 2.15. The Morgan fingerprint density at radius 3 is 2.55 bits per heavy atom. The largest absolute Gasteiger partial charge is 0.361 e. The molecule has 0 atom stereocenters. The number of halogens is 1. The molecule has 166 valence electrons. The van der Waals surface area contributed by atoms with Crippen LogP contribution in [-0.2, 0) is 6.54 Å². The van der Waals surface area contributed by atoms with Crippen LogP contribution in [0.25, 0.3) is 44.2 Å². The number of nitrogens with one attached hydrogen (secondary N) is 2. The molecule has 0 aliphatic carbocycles. The van der Waals surface area contributed by atoms with E-state index in [2.05, 4.69) is 62.1 Å². The summed E-state index contributed by atoms with van der Waals surface area (Å²) in [6.45, 7) is 5.45. The minimum Gasteiger partial charge on any atom is -0.361 e. The fourth-order valence-corrected chi connectivity index (χ4v) is 4.73. The van der Waals surface area contributed by atoms with Crippen LogP contribution in [-0.4, -0.2) is 58.0 Å². The van der Waals surface area contributed by atoms with E-state index in [0.29, 0.717) is 5.56 Å². The van der Waals surface area contributed by atoms with Crippen molar-refractivity contribution in [2.75, 3.05) is 33.2 Å². The van der Waals surface area contributed by atoms with Gasteiger partial charge >= 0.3 is 0 Å². The average molecular weight is 440 g/mol. The van der Waals surface area contributed by atoms with E-state index < -0.39 is 0 Å². The maximum atomic E-state index is 14.9. The van der Waals surface area contributed by atoms with Crippen molar-refractivity contribution in [3.05, 3.63) is 78.5 Å². The first-order valence-corrected chi connectivity index (χ1v) is 11.4. The monoisotopic (exact) mass is 439 g/mol. The molecule has 5 nitrogen and oxygen atoms in total. The van der Waals surface area contributed by atoms with Gasteiger partial charge in [0.25, 0.3) is 0 Å². The molecule has 6 heteroatoms. The van der Waals surface area contributed by atoms with Crippen molar-refractivity contribution in [1.29, 1.82) is 0 Å². The third-order valence-corrected chi connectivity index (χ3v) is 6.75. The second-order valence-electron chi connectivity index (χ2n) is 9.00. The van der Waals surface area contributed by atoms with Crippen molar-refractivity contribution in [1.82, 2.24) is 24.8 Å². The zero-order chi connectivity index (χ0) is 22.4. The number of piperazine rings is 1. The highest BCUT2D eigenvalue weighted by molar-refractivity contribution is 5.98. The molecule has 4 heterocycles. The lowest BCUT2D eigenvalue weighted by Crippen LogP contribution is -2.43. The van der Waals surface area contributed by atoms with Gasteiger partial charge in [-0.25, -0.2) is 9.37 Å². The molecule has 5 aromatic rings. The van der Waals surface area contributed by atoms with Gasteiger partial charge in [-0.2, -0.15) is 0 Å². The van der Waals surface area contributed by atoms with Crippen LogP contribution in [0.15, 0.2) is 67.1 Å². The van der Waals surface area contributed by atoms with Crippen LogP contribution in [0.1, 0.15) is 5.56 Å². The maximum Gasteiger partial charge on any atom is 0.137 e. The molecule has 0 amide bonds. The molecular weight excluding hydrogens is 413 g/mol. The molecule has 0 bridgehead atoms. The molecular formula is C27H26FN5. The molecule has 0 unspecified atom stereocenters. The number of likely N-dealkylation sites (N-methyl/N-ethyl adjacent to an activating group) is 1. The predicted octanol–water partition coefficient (Wildman–Crippen LogP) is 5.26. The molecule has 0 radical (unpaired) electrons. The average Bonchev–Trinajstić information content (AvgIpc) is 3.46. The van der Waals surface area contributed by atoms with E-state index in [9.17, 15) is 4.39 Å². The second kappa shape index (κ2) is 8.14. The van der Waals surface area contributed by atoms with Crippen LogP contribution in [0.4, 0.5) is 4.39 Å². The third-order valence-electron chi connectivity index (χ3n) is 6.75. The third kappa shape index (κ3) is 3.81. The van der Waals surface area contributed by atoms with Crippen molar-refractivity contribution in [2.45, 2.75) is 6.54 Å². The Morgan fingerprint density at radius 1 is 0.909 bits per heavy atom. The minimum absolute atomic E-state index is 0.246. The van der Waals surface area contributed by atoms with Crippen molar-refractivity contribution >= 4 is 21.9 Å². The van der Waals surface area contributed by atoms with Crippen LogP contribution in [0, 0.1) is 5.82 Å². The van der Waals surface area contributed by atoms with E-state index in [4.69, 9.17) is 0 Å². The number of nitrogens with zero attached hydrogens (tertiary/aromatic N) is 3. The summed E-state index contributed by atoms with van der Waals surface area (Å²) in [6.07, 6.45) is 5.55. The molecule has 0 spiro atoms. The van der Waals surface area contributed by atoms with Gasteiger partial charge in [0.1, 0.15) is 11.5 Å². The number of fused-ring (bicyclic) bond motifs is 2. The van der Waals surface area contributed by atoms with E-state index in [1.807, 2.05) is 30.7 Å². The van der Waals surface area contributed by atoms with E-state index in [1.54, 1.807) is 6.07 Å². The number of hydrogen-bond acceptors (Lipinski definition) is 3. The van der Waals surface area contributed by atoms with E-state index in [-0.39, 0.29) is 5.82 Å². The van der Waals surface area contributed by atoms with E-state index in [1.165, 1.54) is 5.56 Å². The Hall–Kier alpha value is -3.48. The molecule has 1 aliphatic heterocycles. The summed E-state index contributed by atoms with van der Waals surface area (Å²) in [6, 6.07) is 16.2. The zero-order valence-electron chi connectivity index (χ0n) is 18.6. The Labute approximate surface area is 191 Å². The lowest BCUT2D eigenvalue weighted by Gasteiger charge is -2.32. The van der Waals surface area contributed by atoms with Gasteiger partial charge in [0.2, 0.25) is 0 Å². The Kier molecular flexibility index (Phi) is 4.97. The summed E-state index contributed by atoms with van der Waals surface area (Å²) < 4.78 is 14.9. The molecule has 1 aliphatic rings. The Morgan fingerprint density at radius 2 is 1.73 bits per heavy atom. The summed E-state index contributed by atoms with van der Waals surface area (Å²) in [5.74, 6) is -0.246. The maximum absolute atomic E-state index is 14.9. The van der Waals surface area contributed by atoms with Crippen molar-refractivity contribution in [3.8, 4) is 22.3 Å². The minimum atomic E-state index is -0.246. The van der Waals surface area contributed by atoms with Crippen molar-refractivity contribution < 1.29 is 4.39 Å². The summed E-state index contributed by atoms with van der Waals surface area (Å²) in [7, 11) is 2.18. The molecule has 1 saturated heterocycles. The van der Waals surface area contributed by atoms with E-state index >= 15 is 0 Å². The SMILES string of the molecule is CN1CCN(Cc2ccc(-c3cnc4[nH]cc(-c5cc6cc[nH]c6cc5F)c4c3)cc2)CC1. The normalized spacial score (nSPS) is 15.6. The van der Waals surface area contributed by atoms with Crippen LogP contribution in [0.5, 0.6) is 0 Å². The fourth-order valence-electron chi connectivity index (χ4n) is 4.73. The number of aromatic nitrogens is 3. The summed E-state index contributed by atoms with van der Waals surface area (Å²) in [5, 5.41) is 1.91. The number of hydrogen-bond donors (Lipinski definition) is 2. The van der Waals surface area contributed by atoms with E-state index in [0.717, 1.165) is 71.4 Å². The molecule has 3 aromatic heterocycles. The Bertz CT molecular complexity index is 1420. The number of rotatable bonds is 4. The Balaban J connectivity index is 1.30. The fraction of sp³-hybridized carbons (Fsp3) is 0.222. The summed E-state index contributed by atoms with van der Waals surface area (Å²) >= 11 is 0. The standard InChI is InChI=1S/C27H26FN5/c1-32-8-10-33(11-9-32)17-18-2-4-19(5-3-18)21-13-23-24(16-31-27(23)30-15-21)22-12-20-6-7-29-26(20)14-25(22)28/h2-7,12-16,29H,8-11,17H2,1H3,(H,30,31). The van der Waals surface area contributed by atoms with Crippen LogP contribution >= 0.6 is 0 Å². The molecule has 33 heavy (non-hydrogen) atoms. The molecule has 2 aromatic carbocycles. The van der Waals surface area contributed by atoms with Gasteiger partial charge < -0.3 is 14.9 Å². The first-order valence-electron chi connectivity index (χ1n) is 11.4. The van der Waals surface area contributed by atoms with Crippen molar-refractivity contribution in [2.24, 2.45) is 0 Å². The van der Waals surface area contributed by atoms with Gasteiger partial charge in [0.15, 0.2) is 0 Å². The highest BCUT2D eigenvalue weighted by atomic mass is 19.1. The second-order valence-corrected chi connectivity index (χ2v) is 9.00. The van der Waals surface area contributed by atoms with Gasteiger partial charge in [0.05, 0.1) is 0 Å². The van der Waals surface area contributed by atoms with Crippen molar-refractivity contribution in [3.63, 3.8) is 0 Å². The first kappa shape index (κ1) is 20.1.